The lowest BCUT2D eigenvalue weighted by Crippen LogP contribution is -2.22. The Labute approximate surface area is 172 Å². The summed E-state index contributed by atoms with van der Waals surface area (Å²) in [7, 11) is 1.85. The van der Waals surface area contributed by atoms with Gasteiger partial charge in [0.2, 0.25) is 0 Å². The second-order valence-electron chi connectivity index (χ2n) is 6.80. The summed E-state index contributed by atoms with van der Waals surface area (Å²) in [5.41, 5.74) is 2.60. The second-order valence-corrected chi connectivity index (χ2v) is 7.17. The summed E-state index contributed by atoms with van der Waals surface area (Å²) in [6, 6.07) is 18.2. The standard InChI is InChI=1S/C21H19F3N4S/c1-26(12-17-7-5-6-16(10-17)11-25)15-27-13-19(18-8-3-2-4-9-18)28(20(27)29)14-21(22,23)24/h2-10,13H,12,14-15H2,1H3. The molecule has 150 valence electrons. The van der Waals surface area contributed by atoms with Gasteiger partial charge >= 0.3 is 6.18 Å². The van der Waals surface area contributed by atoms with Crippen molar-refractivity contribution in [3.63, 3.8) is 0 Å². The highest BCUT2D eigenvalue weighted by molar-refractivity contribution is 7.71. The van der Waals surface area contributed by atoms with Crippen molar-refractivity contribution < 1.29 is 13.2 Å². The number of alkyl halides is 3. The molecule has 2 aromatic carbocycles. The SMILES string of the molecule is CN(Cc1cccc(C#N)c1)Cn1cc(-c2ccccc2)n(CC(F)(F)F)c1=S. The van der Waals surface area contributed by atoms with E-state index < -0.39 is 12.7 Å². The van der Waals surface area contributed by atoms with Crippen molar-refractivity contribution in [1.82, 2.24) is 14.0 Å². The summed E-state index contributed by atoms with van der Waals surface area (Å²) in [5.74, 6) is 0. The summed E-state index contributed by atoms with van der Waals surface area (Å²) >= 11 is 5.36. The van der Waals surface area contributed by atoms with E-state index in [4.69, 9.17) is 17.5 Å². The van der Waals surface area contributed by atoms with Gasteiger partial charge in [0.15, 0.2) is 4.77 Å². The summed E-state index contributed by atoms with van der Waals surface area (Å²) in [4.78, 5) is 1.93. The Bertz CT molecular complexity index is 1080. The van der Waals surface area contributed by atoms with Gasteiger partial charge in [-0.25, -0.2) is 0 Å². The number of halogens is 3. The lowest BCUT2D eigenvalue weighted by molar-refractivity contribution is -0.140. The third-order valence-corrected chi connectivity index (χ3v) is 4.81. The highest BCUT2D eigenvalue weighted by Crippen LogP contribution is 2.26. The molecule has 4 nitrogen and oxygen atoms in total. The van der Waals surface area contributed by atoms with Gasteiger partial charge in [0.1, 0.15) is 6.54 Å². The van der Waals surface area contributed by atoms with Crippen LogP contribution in [-0.2, 0) is 19.8 Å². The van der Waals surface area contributed by atoms with Crippen LogP contribution >= 0.6 is 12.2 Å². The molecule has 0 aliphatic heterocycles. The van der Waals surface area contributed by atoms with E-state index in [1.165, 1.54) is 0 Å². The predicted octanol–water partition coefficient (Wildman–Crippen LogP) is 5.21. The maximum Gasteiger partial charge on any atom is 0.406 e. The minimum atomic E-state index is -4.38. The van der Waals surface area contributed by atoms with Crippen molar-refractivity contribution >= 4 is 12.2 Å². The van der Waals surface area contributed by atoms with Crippen LogP contribution in [0.1, 0.15) is 11.1 Å². The van der Waals surface area contributed by atoms with Crippen LogP contribution in [0.5, 0.6) is 0 Å². The highest BCUT2D eigenvalue weighted by atomic mass is 32.1. The number of nitrogens with zero attached hydrogens (tertiary/aromatic N) is 4. The molecule has 0 aliphatic carbocycles. The Hall–Kier alpha value is -2.89. The van der Waals surface area contributed by atoms with Crippen molar-refractivity contribution in [3.8, 4) is 17.3 Å². The Kier molecular flexibility index (Phi) is 6.20. The van der Waals surface area contributed by atoms with Crippen LogP contribution in [-0.4, -0.2) is 27.3 Å². The van der Waals surface area contributed by atoms with E-state index in [0.29, 0.717) is 30.0 Å². The average molecular weight is 416 g/mol. The first-order valence-corrected chi connectivity index (χ1v) is 9.27. The van der Waals surface area contributed by atoms with Gasteiger partial charge in [-0.05, 0) is 42.5 Å². The lowest BCUT2D eigenvalue weighted by Gasteiger charge is -2.17. The molecule has 0 amide bonds. The minimum absolute atomic E-state index is 0.110. The summed E-state index contributed by atoms with van der Waals surface area (Å²) in [5, 5.41) is 9.03. The van der Waals surface area contributed by atoms with E-state index in [1.807, 2.05) is 24.1 Å². The Balaban J connectivity index is 1.89. The van der Waals surface area contributed by atoms with Crippen molar-refractivity contribution in [2.75, 3.05) is 7.05 Å². The molecule has 0 saturated heterocycles. The summed E-state index contributed by atoms with van der Waals surface area (Å²) in [6.45, 7) is -0.292. The van der Waals surface area contributed by atoms with Crippen LogP contribution < -0.4 is 0 Å². The van der Waals surface area contributed by atoms with E-state index in [9.17, 15) is 13.2 Å². The lowest BCUT2D eigenvalue weighted by atomic mass is 10.1. The maximum absolute atomic E-state index is 13.1. The van der Waals surface area contributed by atoms with Crippen LogP contribution in [0.2, 0.25) is 0 Å². The molecule has 3 aromatic rings. The van der Waals surface area contributed by atoms with Gasteiger partial charge in [-0.3, -0.25) is 4.90 Å². The van der Waals surface area contributed by atoms with Gasteiger partial charge < -0.3 is 9.13 Å². The average Bonchev–Trinajstić information content (AvgIpc) is 2.97. The molecule has 0 radical (unpaired) electrons. The number of imidazole rings is 1. The van der Waals surface area contributed by atoms with Gasteiger partial charge in [-0.15, -0.1) is 0 Å². The van der Waals surface area contributed by atoms with Crippen LogP contribution in [0.15, 0.2) is 60.8 Å². The molecule has 0 spiro atoms. The molecule has 0 atom stereocenters. The third-order valence-electron chi connectivity index (χ3n) is 4.35. The topological polar surface area (TPSA) is 36.9 Å². The molecule has 0 fully saturated rings. The Morgan fingerprint density at radius 3 is 2.48 bits per heavy atom. The van der Waals surface area contributed by atoms with Gasteiger partial charge in [0, 0.05) is 12.7 Å². The molecule has 1 aromatic heterocycles. The van der Waals surface area contributed by atoms with Crippen molar-refractivity contribution in [1.29, 1.82) is 5.26 Å². The first-order valence-electron chi connectivity index (χ1n) is 8.86. The number of rotatable bonds is 6. The fourth-order valence-electron chi connectivity index (χ4n) is 3.16. The third kappa shape index (κ3) is 5.34. The van der Waals surface area contributed by atoms with Crippen molar-refractivity contribution in [2.24, 2.45) is 0 Å². The van der Waals surface area contributed by atoms with Gasteiger partial charge in [0.25, 0.3) is 0 Å². The van der Waals surface area contributed by atoms with E-state index in [-0.39, 0.29) is 4.77 Å². The largest absolute Gasteiger partial charge is 0.406 e. The van der Waals surface area contributed by atoms with E-state index in [1.54, 1.807) is 53.2 Å². The second kappa shape index (κ2) is 8.64. The fraction of sp³-hybridized carbons (Fsp3) is 0.238. The first-order chi connectivity index (χ1) is 13.8. The normalized spacial score (nSPS) is 11.6. The van der Waals surface area contributed by atoms with E-state index in [2.05, 4.69) is 6.07 Å². The fourth-order valence-corrected chi connectivity index (χ4v) is 3.44. The molecular weight excluding hydrogens is 397 g/mol. The number of nitriles is 1. The molecular formula is C21H19F3N4S. The minimum Gasteiger partial charge on any atom is -0.310 e. The van der Waals surface area contributed by atoms with Crippen LogP contribution in [0.4, 0.5) is 13.2 Å². The smallest absolute Gasteiger partial charge is 0.310 e. The molecule has 0 bridgehead atoms. The molecule has 3 rings (SSSR count). The van der Waals surface area contributed by atoms with Crippen molar-refractivity contribution in [2.45, 2.75) is 25.9 Å². The molecule has 1 heterocycles. The number of hydrogen-bond acceptors (Lipinski definition) is 3. The number of benzene rings is 2. The number of aromatic nitrogens is 2. The zero-order valence-electron chi connectivity index (χ0n) is 15.7. The van der Waals surface area contributed by atoms with Crippen molar-refractivity contribution in [3.05, 3.63) is 76.7 Å². The Morgan fingerprint density at radius 2 is 1.83 bits per heavy atom. The highest BCUT2D eigenvalue weighted by Gasteiger charge is 2.30. The van der Waals surface area contributed by atoms with Gasteiger partial charge in [-0.2, -0.15) is 18.4 Å². The van der Waals surface area contributed by atoms with E-state index >= 15 is 0 Å². The van der Waals surface area contributed by atoms with Crippen LogP contribution in [0.25, 0.3) is 11.3 Å². The Morgan fingerprint density at radius 1 is 1.10 bits per heavy atom. The molecule has 0 unspecified atom stereocenters. The summed E-state index contributed by atoms with van der Waals surface area (Å²) < 4.78 is 42.3. The molecule has 8 heteroatoms. The zero-order chi connectivity index (χ0) is 21.0. The molecule has 0 aliphatic rings. The molecule has 29 heavy (non-hydrogen) atoms. The monoisotopic (exact) mass is 416 g/mol. The maximum atomic E-state index is 13.1. The van der Waals surface area contributed by atoms with E-state index in [0.717, 1.165) is 10.1 Å². The van der Waals surface area contributed by atoms with Crippen LogP contribution in [0.3, 0.4) is 0 Å². The molecule has 0 N–H and O–H groups in total. The first kappa shape index (κ1) is 20.8. The number of hydrogen-bond donors (Lipinski definition) is 0. The quantitative estimate of drug-likeness (QED) is 0.518. The van der Waals surface area contributed by atoms with Gasteiger partial charge in [-0.1, -0.05) is 42.5 Å². The predicted molar refractivity (Wildman–Crippen MR) is 107 cm³/mol. The summed E-state index contributed by atoms with van der Waals surface area (Å²) in [6.07, 6.45) is -2.72. The van der Waals surface area contributed by atoms with Crippen LogP contribution in [0, 0.1) is 16.1 Å². The van der Waals surface area contributed by atoms with Gasteiger partial charge in [0.05, 0.1) is 24.0 Å². The zero-order valence-corrected chi connectivity index (χ0v) is 16.5. The molecule has 0 saturated carbocycles.